The molecule has 1 aromatic heterocycles. The molecule has 2 aromatic rings. The SMILES string of the molecule is Cc1nc(SC(F)F)nc(C)c1CCC(=O)NC[C@H](C)c1ccccc1. The van der Waals surface area contributed by atoms with Crippen LogP contribution in [0.25, 0.3) is 0 Å². The summed E-state index contributed by atoms with van der Waals surface area (Å²) in [6.45, 7) is 6.16. The Morgan fingerprint density at radius 1 is 1.15 bits per heavy atom. The molecule has 0 fully saturated rings. The highest BCUT2D eigenvalue weighted by atomic mass is 32.2. The summed E-state index contributed by atoms with van der Waals surface area (Å²) in [7, 11) is 0. The lowest BCUT2D eigenvalue weighted by Crippen LogP contribution is -2.27. The van der Waals surface area contributed by atoms with Gasteiger partial charge in [-0.3, -0.25) is 4.79 Å². The molecule has 26 heavy (non-hydrogen) atoms. The van der Waals surface area contributed by atoms with E-state index in [1.807, 2.05) is 30.3 Å². The van der Waals surface area contributed by atoms with E-state index in [2.05, 4.69) is 22.2 Å². The minimum atomic E-state index is -2.54. The van der Waals surface area contributed by atoms with Crippen LogP contribution in [0.2, 0.25) is 0 Å². The second-order valence-corrected chi connectivity index (χ2v) is 7.11. The molecule has 0 radical (unpaired) electrons. The lowest BCUT2D eigenvalue weighted by Gasteiger charge is -2.14. The lowest BCUT2D eigenvalue weighted by atomic mass is 10.0. The fraction of sp³-hybridized carbons (Fsp3) is 0.421. The first-order chi connectivity index (χ1) is 12.4. The third kappa shape index (κ3) is 6.05. The van der Waals surface area contributed by atoms with E-state index in [0.717, 1.165) is 5.56 Å². The van der Waals surface area contributed by atoms with Crippen LogP contribution in [-0.4, -0.2) is 28.2 Å². The first kappa shape index (κ1) is 20.3. The number of carbonyl (C=O) groups is 1. The molecule has 7 heteroatoms. The summed E-state index contributed by atoms with van der Waals surface area (Å²) in [4.78, 5) is 20.3. The Bertz CT molecular complexity index is 718. The summed E-state index contributed by atoms with van der Waals surface area (Å²) >= 11 is 0.334. The van der Waals surface area contributed by atoms with Gasteiger partial charge in [-0.05, 0) is 49.1 Å². The van der Waals surface area contributed by atoms with Crippen LogP contribution in [0.15, 0.2) is 35.5 Å². The second-order valence-electron chi connectivity index (χ2n) is 6.15. The number of nitrogens with one attached hydrogen (secondary N) is 1. The minimum absolute atomic E-state index is 0.0439. The molecule has 1 heterocycles. The second kappa shape index (κ2) is 9.62. The molecule has 0 bridgehead atoms. The average molecular weight is 379 g/mol. The fourth-order valence-corrected chi connectivity index (χ4v) is 3.23. The highest BCUT2D eigenvalue weighted by Crippen LogP contribution is 2.24. The van der Waals surface area contributed by atoms with Crippen molar-refractivity contribution >= 4 is 17.7 Å². The van der Waals surface area contributed by atoms with Gasteiger partial charge in [0.05, 0.1) is 0 Å². The molecular weight excluding hydrogens is 356 g/mol. The van der Waals surface area contributed by atoms with Gasteiger partial charge in [-0.2, -0.15) is 8.78 Å². The molecule has 0 aliphatic heterocycles. The minimum Gasteiger partial charge on any atom is -0.355 e. The average Bonchev–Trinajstić information content (AvgIpc) is 2.59. The van der Waals surface area contributed by atoms with Crippen LogP contribution >= 0.6 is 11.8 Å². The Morgan fingerprint density at radius 3 is 2.35 bits per heavy atom. The highest BCUT2D eigenvalue weighted by Gasteiger charge is 2.14. The van der Waals surface area contributed by atoms with E-state index in [1.54, 1.807) is 13.8 Å². The summed E-state index contributed by atoms with van der Waals surface area (Å²) in [5, 5.41) is 3.01. The van der Waals surface area contributed by atoms with Crippen LogP contribution in [0.3, 0.4) is 0 Å². The van der Waals surface area contributed by atoms with E-state index in [9.17, 15) is 13.6 Å². The van der Waals surface area contributed by atoms with Gasteiger partial charge in [0.2, 0.25) is 5.91 Å². The summed E-state index contributed by atoms with van der Waals surface area (Å²) in [5.74, 6) is -2.35. The maximum atomic E-state index is 12.4. The molecule has 0 aliphatic carbocycles. The standard InChI is InChI=1S/C19H23F2N3OS/c1-12(15-7-5-4-6-8-15)11-22-17(25)10-9-16-13(2)23-19(24-14(16)3)26-18(20)21/h4-8,12,18H,9-11H2,1-3H3,(H,22,25)/t12-/m0/s1. The maximum absolute atomic E-state index is 12.4. The summed E-state index contributed by atoms with van der Waals surface area (Å²) in [5.41, 5.74) is 3.31. The van der Waals surface area contributed by atoms with Crippen molar-refractivity contribution in [3.05, 3.63) is 52.8 Å². The van der Waals surface area contributed by atoms with Gasteiger partial charge in [0.15, 0.2) is 5.16 Å². The first-order valence-corrected chi connectivity index (χ1v) is 9.35. The van der Waals surface area contributed by atoms with Crippen molar-refractivity contribution < 1.29 is 13.6 Å². The number of nitrogens with zero attached hydrogens (tertiary/aromatic N) is 2. The number of carbonyl (C=O) groups excluding carboxylic acids is 1. The normalized spacial score (nSPS) is 12.2. The van der Waals surface area contributed by atoms with Crippen LogP contribution in [0, 0.1) is 13.8 Å². The number of amides is 1. The number of alkyl halides is 2. The highest BCUT2D eigenvalue weighted by molar-refractivity contribution is 7.99. The topological polar surface area (TPSA) is 54.9 Å². The quantitative estimate of drug-likeness (QED) is 0.550. The molecule has 0 saturated carbocycles. The van der Waals surface area contributed by atoms with Crippen LogP contribution in [-0.2, 0) is 11.2 Å². The third-order valence-electron chi connectivity index (χ3n) is 4.17. The Morgan fingerprint density at radius 2 is 1.77 bits per heavy atom. The molecular formula is C19H23F2N3OS. The van der Waals surface area contributed by atoms with Crippen molar-refractivity contribution in [2.75, 3.05) is 6.54 Å². The molecule has 2 rings (SSSR count). The molecule has 0 saturated heterocycles. The Balaban J connectivity index is 1.87. The van der Waals surface area contributed by atoms with Gasteiger partial charge >= 0.3 is 0 Å². The van der Waals surface area contributed by atoms with Crippen molar-refractivity contribution in [1.29, 1.82) is 0 Å². The van der Waals surface area contributed by atoms with Crippen LogP contribution in [0.4, 0.5) is 8.78 Å². The maximum Gasteiger partial charge on any atom is 0.291 e. The lowest BCUT2D eigenvalue weighted by molar-refractivity contribution is -0.121. The number of rotatable bonds is 8. The van der Waals surface area contributed by atoms with E-state index >= 15 is 0 Å². The van der Waals surface area contributed by atoms with Crippen LogP contribution in [0.5, 0.6) is 0 Å². The van der Waals surface area contributed by atoms with E-state index in [1.165, 1.54) is 5.56 Å². The molecule has 1 atom stereocenters. The van der Waals surface area contributed by atoms with E-state index in [0.29, 0.717) is 42.5 Å². The zero-order valence-corrected chi connectivity index (χ0v) is 15.9. The van der Waals surface area contributed by atoms with Gasteiger partial charge in [-0.25, -0.2) is 9.97 Å². The zero-order valence-electron chi connectivity index (χ0n) is 15.1. The molecule has 0 unspecified atom stereocenters. The number of aromatic nitrogens is 2. The molecule has 4 nitrogen and oxygen atoms in total. The van der Waals surface area contributed by atoms with E-state index < -0.39 is 5.76 Å². The van der Waals surface area contributed by atoms with Gasteiger partial charge in [0.1, 0.15) is 0 Å². The van der Waals surface area contributed by atoms with Gasteiger partial charge in [-0.1, -0.05) is 37.3 Å². The predicted molar refractivity (Wildman–Crippen MR) is 99.6 cm³/mol. The van der Waals surface area contributed by atoms with Crippen molar-refractivity contribution in [3.63, 3.8) is 0 Å². The summed E-state index contributed by atoms with van der Waals surface area (Å²) in [6, 6.07) is 10.0. The van der Waals surface area contributed by atoms with Gasteiger partial charge in [-0.15, -0.1) is 0 Å². The van der Waals surface area contributed by atoms with Gasteiger partial charge in [0.25, 0.3) is 5.76 Å². The van der Waals surface area contributed by atoms with E-state index in [4.69, 9.17) is 0 Å². The van der Waals surface area contributed by atoms with Gasteiger partial charge < -0.3 is 5.32 Å². The number of benzene rings is 1. The Labute approximate surface area is 156 Å². The number of halogens is 2. The smallest absolute Gasteiger partial charge is 0.291 e. The monoisotopic (exact) mass is 379 g/mol. The fourth-order valence-electron chi connectivity index (χ4n) is 2.70. The van der Waals surface area contributed by atoms with Crippen LogP contribution in [0.1, 0.15) is 41.8 Å². The van der Waals surface area contributed by atoms with Crippen molar-refractivity contribution in [3.8, 4) is 0 Å². The van der Waals surface area contributed by atoms with Crippen molar-refractivity contribution in [2.45, 2.75) is 50.4 Å². The number of aryl methyl sites for hydroxylation is 2. The number of hydrogen-bond acceptors (Lipinski definition) is 4. The molecule has 0 spiro atoms. The molecule has 0 aliphatic rings. The molecule has 1 N–H and O–H groups in total. The van der Waals surface area contributed by atoms with Crippen LogP contribution < -0.4 is 5.32 Å². The summed E-state index contributed by atoms with van der Waals surface area (Å²) < 4.78 is 24.9. The Kier molecular flexibility index (Phi) is 7.50. The number of thioether (sulfide) groups is 1. The largest absolute Gasteiger partial charge is 0.355 e. The van der Waals surface area contributed by atoms with Gasteiger partial charge in [0, 0.05) is 24.4 Å². The number of hydrogen-bond donors (Lipinski definition) is 1. The van der Waals surface area contributed by atoms with E-state index in [-0.39, 0.29) is 17.0 Å². The molecule has 1 amide bonds. The zero-order chi connectivity index (χ0) is 19.1. The first-order valence-electron chi connectivity index (χ1n) is 8.47. The Hall–Kier alpha value is -2.02. The molecule has 1 aromatic carbocycles. The van der Waals surface area contributed by atoms with Crippen molar-refractivity contribution in [2.24, 2.45) is 0 Å². The third-order valence-corrected chi connectivity index (χ3v) is 4.74. The summed E-state index contributed by atoms with van der Waals surface area (Å²) in [6.07, 6.45) is 0.802. The van der Waals surface area contributed by atoms with Crippen molar-refractivity contribution in [1.82, 2.24) is 15.3 Å². The molecule has 140 valence electrons. The predicted octanol–water partition coefficient (Wildman–Crippen LogP) is 4.26.